The number of hydrogen-bond donors (Lipinski definition) is 1. The topological polar surface area (TPSA) is 43.4 Å². The van der Waals surface area contributed by atoms with Crippen LogP contribution in [0.25, 0.3) is 0 Å². The van der Waals surface area contributed by atoms with Crippen molar-refractivity contribution < 1.29 is 9.47 Å². The molecule has 2 aromatic rings. The van der Waals surface area contributed by atoms with Gasteiger partial charge in [0.1, 0.15) is 12.4 Å². The third kappa shape index (κ3) is 4.46. The van der Waals surface area contributed by atoms with Gasteiger partial charge in [0.05, 0.1) is 11.8 Å². The lowest BCUT2D eigenvalue weighted by Gasteiger charge is -2.14. The van der Waals surface area contributed by atoms with Crippen molar-refractivity contribution in [3.63, 3.8) is 0 Å². The van der Waals surface area contributed by atoms with Crippen LogP contribution in [0.15, 0.2) is 48.7 Å². The highest BCUT2D eigenvalue weighted by molar-refractivity contribution is 5.52. The number of hydrogen-bond acceptors (Lipinski definition) is 4. The Kier molecular flexibility index (Phi) is 5.24. The Balaban J connectivity index is 1.82. The van der Waals surface area contributed by atoms with E-state index in [1.807, 2.05) is 56.3 Å². The average molecular weight is 272 g/mol. The van der Waals surface area contributed by atoms with E-state index in [9.17, 15) is 0 Å². The molecule has 0 radical (unpaired) electrons. The molecule has 0 amide bonds. The maximum atomic E-state index is 5.65. The van der Waals surface area contributed by atoms with E-state index in [-0.39, 0.29) is 6.10 Å². The number of para-hydroxylation sites is 1. The molecule has 0 unspecified atom stereocenters. The zero-order valence-corrected chi connectivity index (χ0v) is 11.9. The number of nitrogens with zero attached hydrogens (tertiary/aromatic N) is 1. The van der Waals surface area contributed by atoms with Crippen LogP contribution >= 0.6 is 0 Å². The molecule has 1 heterocycles. The van der Waals surface area contributed by atoms with Crippen molar-refractivity contribution in [1.29, 1.82) is 0 Å². The van der Waals surface area contributed by atoms with Gasteiger partial charge in [-0.25, -0.2) is 4.98 Å². The van der Waals surface area contributed by atoms with Crippen molar-refractivity contribution in [2.45, 2.75) is 20.0 Å². The van der Waals surface area contributed by atoms with Gasteiger partial charge in [-0.05, 0) is 38.1 Å². The molecule has 20 heavy (non-hydrogen) atoms. The maximum Gasteiger partial charge on any atom is 0.237 e. The highest BCUT2D eigenvalue weighted by Gasteiger charge is 2.05. The van der Waals surface area contributed by atoms with Crippen molar-refractivity contribution in [1.82, 2.24) is 4.98 Å². The molecule has 0 aliphatic heterocycles. The maximum absolute atomic E-state index is 5.65. The zero-order chi connectivity index (χ0) is 14.2. The summed E-state index contributed by atoms with van der Waals surface area (Å²) >= 11 is 0. The first-order valence-electron chi connectivity index (χ1n) is 6.79. The average Bonchev–Trinajstić information content (AvgIpc) is 2.46. The molecular formula is C16H20N2O2. The molecule has 4 nitrogen and oxygen atoms in total. The lowest BCUT2D eigenvalue weighted by atomic mass is 10.3. The quantitative estimate of drug-likeness (QED) is 0.785. The molecule has 1 aromatic heterocycles. The molecule has 0 bridgehead atoms. The molecule has 0 aliphatic rings. The van der Waals surface area contributed by atoms with Crippen molar-refractivity contribution in [3.05, 3.63) is 48.7 Å². The van der Waals surface area contributed by atoms with Gasteiger partial charge in [0.25, 0.3) is 0 Å². The minimum atomic E-state index is 0.103. The molecule has 0 saturated carbocycles. The molecule has 0 spiro atoms. The molecule has 2 rings (SSSR count). The Morgan fingerprint density at radius 1 is 1.10 bits per heavy atom. The second kappa shape index (κ2) is 7.38. The number of nitrogens with one attached hydrogen (secondary N) is 1. The monoisotopic (exact) mass is 272 g/mol. The first-order chi connectivity index (χ1) is 9.75. The summed E-state index contributed by atoms with van der Waals surface area (Å²) in [5, 5.41) is 3.28. The third-order valence-electron chi connectivity index (χ3n) is 2.55. The summed E-state index contributed by atoms with van der Waals surface area (Å²) in [6.45, 7) is 5.24. The summed E-state index contributed by atoms with van der Waals surface area (Å²) in [4.78, 5) is 4.23. The molecule has 1 aromatic carbocycles. The summed E-state index contributed by atoms with van der Waals surface area (Å²) in [6.07, 6.45) is 1.83. The molecule has 4 heteroatoms. The number of anilines is 1. The Labute approximate surface area is 119 Å². The van der Waals surface area contributed by atoms with Gasteiger partial charge >= 0.3 is 0 Å². The number of pyridine rings is 1. The van der Waals surface area contributed by atoms with Crippen LogP contribution in [-0.2, 0) is 0 Å². The Bertz CT molecular complexity index is 515. The van der Waals surface area contributed by atoms with Crippen molar-refractivity contribution in [3.8, 4) is 11.6 Å². The fourth-order valence-corrected chi connectivity index (χ4v) is 1.71. The predicted octanol–water partition coefficient (Wildman–Crippen LogP) is 3.36. The molecule has 0 saturated heterocycles. The van der Waals surface area contributed by atoms with E-state index in [2.05, 4.69) is 10.3 Å². The van der Waals surface area contributed by atoms with Crippen LogP contribution in [0.3, 0.4) is 0 Å². The van der Waals surface area contributed by atoms with Crippen molar-refractivity contribution in [2.75, 3.05) is 18.5 Å². The van der Waals surface area contributed by atoms with E-state index >= 15 is 0 Å². The third-order valence-corrected chi connectivity index (χ3v) is 2.55. The number of ether oxygens (including phenoxy) is 2. The van der Waals surface area contributed by atoms with Crippen LogP contribution in [-0.4, -0.2) is 24.2 Å². The molecule has 106 valence electrons. The van der Waals surface area contributed by atoms with Gasteiger partial charge in [-0.1, -0.05) is 18.2 Å². The number of benzene rings is 1. The summed E-state index contributed by atoms with van der Waals surface area (Å²) in [6, 6.07) is 13.6. The predicted molar refractivity (Wildman–Crippen MR) is 80.4 cm³/mol. The van der Waals surface area contributed by atoms with Gasteiger partial charge in [-0.3, -0.25) is 0 Å². The molecule has 1 N–H and O–H groups in total. The fraction of sp³-hybridized carbons (Fsp3) is 0.312. The highest BCUT2D eigenvalue weighted by atomic mass is 16.5. The first-order valence-corrected chi connectivity index (χ1v) is 6.79. The van der Waals surface area contributed by atoms with E-state index in [1.54, 1.807) is 6.20 Å². The summed E-state index contributed by atoms with van der Waals surface area (Å²) in [5.41, 5.74) is 0.887. The second-order valence-electron chi connectivity index (χ2n) is 4.61. The normalized spacial score (nSPS) is 10.3. The number of aromatic nitrogens is 1. The number of rotatable bonds is 7. The Morgan fingerprint density at radius 3 is 2.65 bits per heavy atom. The SMILES string of the molecule is CC(C)Oc1ncccc1NCCOc1ccccc1. The van der Waals surface area contributed by atoms with E-state index < -0.39 is 0 Å². The minimum absolute atomic E-state index is 0.103. The standard InChI is InChI=1S/C16H20N2O2/c1-13(2)20-16-15(9-6-10-18-16)17-11-12-19-14-7-4-3-5-8-14/h3-10,13,17H,11-12H2,1-2H3. The van der Waals surface area contributed by atoms with Crippen molar-refractivity contribution >= 4 is 5.69 Å². The molecule has 0 fully saturated rings. The molecule has 0 atom stereocenters. The van der Waals surface area contributed by atoms with Gasteiger partial charge in [-0.15, -0.1) is 0 Å². The highest BCUT2D eigenvalue weighted by Crippen LogP contribution is 2.21. The zero-order valence-electron chi connectivity index (χ0n) is 11.9. The lowest BCUT2D eigenvalue weighted by Crippen LogP contribution is -2.14. The Hall–Kier alpha value is -2.23. The smallest absolute Gasteiger partial charge is 0.237 e. The van der Waals surface area contributed by atoms with Crippen LogP contribution in [0.1, 0.15) is 13.8 Å². The minimum Gasteiger partial charge on any atom is -0.492 e. The van der Waals surface area contributed by atoms with E-state index in [0.29, 0.717) is 19.0 Å². The van der Waals surface area contributed by atoms with E-state index in [4.69, 9.17) is 9.47 Å². The summed E-state index contributed by atoms with van der Waals surface area (Å²) < 4.78 is 11.3. The molecular weight excluding hydrogens is 252 g/mol. The lowest BCUT2D eigenvalue weighted by molar-refractivity contribution is 0.234. The fourth-order valence-electron chi connectivity index (χ4n) is 1.71. The second-order valence-corrected chi connectivity index (χ2v) is 4.61. The van der Waals surface area contributed by atoms with Crippen LogP contribution < -0.4 is 14.8 Å². The Morgan fingerprint density at radius 2 is 1.90 bits per heavy atom. The van der Waals surface area contributed by atoms with Crippen LogP contribution in [0.4, 0.5) is 5.69 Å². The largest absolute Gasteiger partial charge is 0.492 e. The van der Waals surface area contributed by atoms with Gasteiger partial charge in [0, 0.05) is 12.7 Å². The van der Waals surface area contributed by atoms with Gasteiger partial charge in [0.2, 0.25) is 5.88 Å². The van der Waals surface area contributed by atoms with Crippen LogP contribution in [0.2, 0.25) is 0 Å². The van der Waals surface area contributed by atoms with Gasteiger partial charge in [0.15, 0.2) is 0 Å². The summed E-state index contributed by atoms with van der Waals surface area (Å²) in [5.74, 6) is 1.50. The van der Waals surface area contributed by atoms with Crippen LogP contribution in [0, 0.1) is 0 Å². The van der Waals surface area contributed by atoms with Gasteiger partial charge in [-0.2, -0.15) is 0 Å². The molecule has 0 aliphatic carbocycles. The van der Waals surface area contributed by atoms with Gasteiger partial charge < -0.3 is 14.8 Å². The van der Waals surface area contributed by atoms with E-state index in [1.165, 1.54) is 0 Å². The first kappa shape index (κ1) is 14.2. The van der Waals surface area contributed by atoms with Crippen molar-refractivity contribution in [2.24, 2.45) is 0 Å². The van der Waals surface area contributed by atoms with E-state index in [0.717, 1.165) is 11.4 Å². The van der Waals surface area contributed by atoms with Crippen LogP contribution in [0.5, 0.6) is 11.6 Å². The summed E-state index contributed by atoms with van der Waals surface area (Å²) in [7, 11) is 0.